The van der Waals surface area contributed by atoms with Gasteiger partial charge in [-0.25, -0.2) is 0 Å². The highest BCUT2D eigenvalue weighted by Crippen LogP contribution is 2.41. The van der Waals surface area contributed by atoms with Crippen molar-refractivity contribution < 1.29 is 0 Å². The van der Waals surface area contributed by atoms with Crippen LogP contribution in [-0.2, 0) is 13.6 Å². The number of fused-ring (bicyclic) bond motifs is 2. The van der Waals surface area contributed by atoms with Gasteiger partial charge in [0.2, 0.25) is 0 Å². The van der Waals surface area contributed by atoms with Gasteiger partial charge in [-0.2, -0.15) is 0 Å². The number of benzene rings is 2. The molecule has 1 fully saturated rings. The quantitative estimate of drug-likeness (QED) is 0.285. The molecule has 184 valence electrons. The Balaban J connectivity index is 1.23. The van der Waals surface area contributed by atoms with E-state index in [1.807, 2.05) is 12.3 Å². The summed E-state index contributed by atoms with van der Waals surface area (Å²) in [5, 5.41) is 2.61. The second-order valence-corrected chi connectivity index (χ2v) is 10.2. The van der Waals surface area contributed by atoms with Crippen LogP contribution in [0.2, 0.25) is 0 Å². The zero-order valence-electron chi connectivity index (χ0n) is 21.1. The van der Waals surface area contributed by atoms with Crippen LogP contribution in [0.5, 0.6) is 0 Å². The van der Waals surface area contributed by atoms with Crippen molar-refractivity contribution in [3.8, 4) is 22.3 Å². The number of likely N-dealkylation sites (tertiary alicyclic amines) is 1. The lowest BCUT2D eigenvalue weighted by Gasteiger charge is -2.33. The summed E-state index contributed by atoms with van der Waals surface area (Å²) in [7, 11) is 2.13. The fraction of sp³-hybridized carbons (Fsp3) is 0.219. The zero-order valence-corrected chi connectivity index (χ0v) is 21.1. The first kappa shape index (κ1) is 22.1. The Morgan fingerprint density at radius 2 is 1.41 bits per heavy atom. The molecule has 1 aliphatic heterocycles. The lowest BCUT2D eigenvalue weighted by molar-refractivity contribution is 0.180. The molecule has 5 nitrogen and oxygen atoms in total. The van der Waals surface area contributed by atoms with Crippen LogP contribution in [-0.4, -0.2) is 37.1 Å². The number of nitrogens with one attached hydrogen (secondary N) is 1. The van der Waals surface area contributed by atoms with Gasteiger partial charge in [0.15, 0.2) is 0 Å². The first-order valence-corrected chi connectivity index (χ1v) is 13.2. The first-order chi connectivity index (χ1) is 18.3. The highest BCUT2D eigenvalue weighted by molar-refractivity contribution is 6.04. The summed E-state index contributed by atoms with van der Waals surface area (Å²) < 4.78 is 4.77. The number of pyridine rings is 1. The summed E-state index contributed by atoms with van der Waals surface area (Å²) in [4.78, 5) is 10.5. The second-order valence-electron chi connectivity index (χ2n) is 10.2. The van der Waals surface area contributed by atoms with Gasteiger partial charge in [-0.1, -0.05) is 42.5 Å². The van der Waals surface area contributed by atoms with Gasteiger partial charge in [-0.3, -0.25) is 9.88 Å². The van der Waals surface area contributed by atoms with Crippen molar-refractivity contribution in [1.82, 2.24) is 24.0 Å². The van der Waals surface area contributed by atoms with Gasteiger partial charge in [0.05, 0.1) is 5.69 Å². The van der Waals surface area contributed by atoms with E-state index >= 15 is 0 Å². The van der Waals surface area contributed by atoms with Crippen molar-refractivity contribution in [1.29, 1.82) is 0 Å². The third kappa shape index (κ3) is 3.87. The minimum atomic E-state index is 0.499. The number of nitrogens with zero attached hydrogens (tertiary/aromatic N) is 4. The monoisotopic (exact) mass is 485 g/mol. The minimum Gasteiger partial charge on any atom is -0.366 e. The molecule has 0 bridgehead atoms. The molecule has 6 aromatic rings. The maximum atomic E-state index is 4.53. The maximum absolute atomic E-state index is 4.53. The molecule has 0 saturated carbocycles. The molecule has 7 rings (SSSR count). The second kappa shape index (κ2) is 9.09. The fourth-order valence-corrected chi connectivity index (χ4v) is 6.16. The van der Waals surface area contributed by atoms with E-state index in [2.05, 4.69) is 117 Å². The van der Waals surface area contributed by atoms with Gasteiger partial charge < -0.3 is 14.1 Å². The molecule has 5 heteroatoms. The van der Waals surface area contributed by atoms with Crippen molar-refractivity contribution in [3.05, 3.63) is 103 Å². The maximum Gasteiger partial charge on any atom is 0.0543 e. The summed E-state index contributed by atoms with van der Waals surface area (Å²) in [6.45, 7) is 3.12. The van der Waals surface area contributed by atoms with Crippen molar-refractivity contribution in [2.24, 2.45) is 7.05 Å². The normalized spacial score (nSPS) is 15.2. The molecule has 0 radical (unpaired) electrons. The first-order valence-electron chi connectivity index (χ1n) is 13.2. The number of aromatic nitrogens is 4. The molecule has 1 saturated heterocycles. The van der Waals surface area contributed by atoms with E-state index in [1.54, 1.807) is 0 Å². The number of aryl methyl sites for hydroxylation is 1. The van der Waals surface area contributed by atoms with E-state index in [0.29, 0.717) is 6.04 Å². The van der Waals surface area contributed by atoms with Crippen molar-refractivity contribution >= 4 is 21.8 Å². The van der Waals surface area contributed by atoms with Gasteiger partial charge in [-0.15, -0.1) is 0 Å². The molecule has 0 aliphatic carbocycles. The Morgan fingerprint density at radius 3 is 2.14 bits per heavy atom. The topological polar surface area (TPSA) is 41.8 Å². The van der Waals surface area contributed by atoms with E-state index in [1.165, 1.54) is 44.1 Å². The molecule has 2 aromatic carbocycles. The molecule has 1 aliphatic rings. The Bertz CT molecular complexity index is 1680. The van der Waals surface area contributed by atoms with E-state index in [0.717, 1.165) is 38.2 Å². The lowest BCUT2D eigenvalue weighted by Crippen LogP contribution is -2.34. The minimum absolute atomic E-state index is 0.499. The average Bonchev–Trinajstić information content (AvgIpc) is 3.66. The SMILES string of the molecule is Cn1cc(-c2c[nH]cc2-c2cn(C3CCN(Cc4ccccn4)CC3)c3ccccc23)c2ccccc21. The van der Waals surface area contributed by atoms with Crippen LogP contribution in [0, 0.1) is 0 Å². The van der Waals surface area contributed by atoms with Crippen LogP contribution in [0.1, 0.15) is 24.6 Å². The standard InChI is InChI=1S/C32H31N5/c1-35-21-29(25-9-2-4-11-31(25)35)27-18-33-19-28(27)30-22-37(32-12-5-3-10-26(30)32)24-13-16-36(17-14-24)20-23-8-6-7-15-34-23/h2-12,15,18-19,21-22,24,33H,13-14,16-17,20H2,1H3. The highest BCUT2D eigenvalue weighted by Gasteiger charge is 2.24. The number of hydrogen-bond acceptors (Lipinski definition) is 2. The molecule has 1 N–H and O–H groups in total. The molecule has 37 heavy (non-hydrogen) atoms. The highest BCUT2D eigenvalue weighted by atomic mass is 15.2. The van der Waals surface area contributed by atoms with Crippen LogP contribution in [0.15, 0.2) is 97.7 Å². The number of H-pyrrole nitrogens is 1. The third-order valence-electron chi connectivity index (χ3n) is 8.03. The van der Waals surface area contributed by atoms with Gasteiger partial charge >= 0.3 is 0 Å². The van der Waals surface area contributed by atoms with Gasteiger partial charge in [0, 0.05) is 108 Å². The smallest absolute Gasteiger partial charge is 0.0543 e. The van der Waals surface area contributed by atoms with E-state index in [4.69, 9.17) is 0 Å². The molecule has 0 unspecified atom stereocenters. The fourth-order valence-electron chi connectivity index (χ4n) is 6.16. The number of aromatic amines is 1. The number of rotatable bonds is 5. The summed E-state index contributed by atoms with van der Waals surface area (Å²) in [6.07, 6.45) is 13.2. The number of piperidine rings is 1. The molecule has 0 amide bonds. The van der Waals surface area contributed by atoms with Crippen molar-refractivity contribution in [2.45, 2.75) is 25.4 Å². The largest absolute Gasteiger partial charge is 0.366 e. The lowest BCUT2D eigenvalue weighted by atomic mass is 9.98. The number of hydrogen-bond donors (Lipinski definition) is 1. The van der Waals surface area contributed by atoms with Crippen LogP contribution in [0.3, 0.4) is 0 Å². The predicted octanol–water partition coefficient (Wildman–Crippen LogP) is 7.03. The van der Waals surface area contributed by atoms with Crippen molar-refractivity contribution in [3.63, 3.8) is 0 Å². The molecule has 0 spiro atoms. The van der Waals surface area contributed by atoms with Gasteiger partial charge in [0.25, 0.3) is 0 Å². The van der Waals surface area contributed by atoms with Crippen molar-refractivity contribution in [2.75, 3.05) is 13.1 Å². The van der Waals surface area contributed by atoms with E-state index in [-0.39, 0.29) is 0 Å². The molecular weight excluding hydrogens is 454 g/mol. The zero-order chi connectivity index (χ0) is 24.8. The van der Waals surface area contributed by atoms with Gasteiger partial charge in [-0.05, 0) is 37.1 Å². The van der Waals surface area contributed by atoms with Crippen LogP contribution in [0.25, 0.3) is 44.1 Å². The summed E-state index contributed by atoms with van der Waals surface area (Å²) in [5.41, 5.74) is 8.83. The Morgan fingerprint density at radius 1 is 0.757 bits per heavy atom. The van der Waals surface area contributed by atoms with E-state index in [9.17, 15) is 0 Å². The molecular formula is C32H31N5. The third-order valence-corrected chi connectivity index (χ3v) is 8.03. The van der Waals surface area contributed by atoms with E-state index < -0.39 is 0 Å². The van der Waals surface area contributed by atoms with Crippen LogP contribution < -0.4 is 0 Å². The Kier molecular flexibility index (Phi) is 5.44. The Labute approximate surface area is 217 Å². The molecule has 5 heterocycles. The van der Waals surface area contributed by atoms with Crippen LogP contribution in [0.4, 0.5) is 0 Å². The van der Waals surface area contributed by atoms with Gasteiger partial charge in [0.1, 0.15) is 0 Å². The predicted molar refractivity (Wildman–Crippen MR) is 151 cm³/mol. The number of para-hydroxylation sites is 2. The molecule has 0 atom stereocenters. The van der Waals surface area contributed by atoms with Crippen LogP contribution >= 0.6 is 0 Å². The average molecular weight is 486 g/mol. The summed E-state index contributed by atoms with van der Waals surface area (Å²) in [5.74, 6) is 0. The Hall–Kier alpha value is -4.09. The summed E-state index contributed by atoms with van der Waals surface area (Å²) in [6, 6.07) is 24.2. The molecule has 4 aromatic heterocycles. The summed E-state index contributed by atoms with van der Waals surface area (Å²) >= 11 is 0.